The summed E-state index contributed by atoms with van der Waals surface area (Å²) in [4.78, 5) is 69.7. The molecule has 14 atom stereocenters. The van der Waals surface area contributed by atoms with Gasteiger partial charge in [0, 0.05) is 32.6 Å². The van der Waals surface area contributed by atoms with E-state index in [2.05, 4.69) is 39.8 Å². The summed E-state index contributed by atoms with van der Waals surface area (Å²) >= 11 is 0. The molecule has 3 fully saturated rings. The van der Waals surface area contributed by atoms with Gasteiger partial charge < -0.3 is 49.0 Å². The lowest BCUT2D eigenvalue weighted by molar-refractivity contribution is -0.241. The number of hydrogen-bond acceptors (Lipinski definition) is 14. The van der Waals surface area contributed by atoms with Crippen molar-refractivity contribution >= 4 is 29.4 Å². The van der Waals surface area contributed by atoms with E-state index < -0.39 is 90.5 Å². The van der Waals surface area contributed by atoms with Gasteiger partial charge in [0.1, 0.15) is 35.9 Å². The summed E-state index contributed by atoms with van der Waals surface area (Å²) in [6.45, 7) is 18.5. The minimum absolute atomic E-state index is 0.0920. The summed E-state index contributed by atoms with van der Waals surface area (Å²) in [5.41, 5.74) is 0.459. The van der Waals surface area contributed by atoms with E-state index in [0.717, 1.165) is 6.42 Å². The van der Waals surface area contributed by atoms with Crippen LogP contribution in [0.3, 0.4) is 0 Å². The van der Waals surface area contributed by atoms with Gasteiger partial charge in [-0.05, 0) is 139 Å². The number of likely N-dealkylation sites (tertiary alicyclic amines) is 1. The first-order chi connectivity index (χ1) is 34.0. The molecule has 3 rings (SSSR count). The van der Waals surface area contributed by atoms with Crippen LogP contribution in [0.15, 0.2) is 47.6 Å². The van der Waals surface area contributed by atoms with Crippen molar-refractivity contribution in [1.82, 2.24) is 4.90 Å². The van der Waals surface area contributed by atoms with Crippen LogP contribution in [-0.4, -0.2) is 138 Å². The van der Waals surface area contributed by atoms with E-state index in [1.54, 1.807) is 21.0 Å². The van der Waals surface area contributed by atoms with Crippen LogP contribution >= 0.6 is 0 Å². The maximum absolute atomic E-state index is 14.3. The Morgan fingerprint density at radius 3 is 2.18 bits per heavy atom. The highest BCUT2D eigenvalue weighted by Crippen LogP contribution is 2.37. The van der Waals surface area contributed by atoms with Gasteiger partial charge in [0.25, 0.3) is 11.7 Å². The minimum Gasteiger partial charge on any atom is -0.461 e. The molecular formula is C57H93NO14. The lowest BCUT2D eigenvalue weighted by Gasteiger charge is -2.40. The zero-order valence-corrected chi connectivity index (χ0v) is 45.8. The first kappa shape index (κ1) is 62.7. The van der Waals surface area contributed by atoms with Crippen LogP contribution in [0.1, 0.15) is 153 Å². The molecule has 0 bridgehead atoms. The standard InChI is InChI=1S/C57H93NO14/c1-13-38(4)39(5)21-16-14-15-20-36(2)30-41(7)49(61)51(69-12)50(62)42(8)31-37(3)24-26-46(40(6)32-44-25-27-47(48(33-44)68-11)72-55(66)56(10,34-59)35-60)71-54(65)45-23-17-18-28-58(45)53(64)52(63)57(67)43(9)22-19-29-70-57/h14-16,20-21,31,36-38,40-41,43-48,50-51,59-60,62,67H,13,17-19,22-30,32-35H2,1-12H3/b16-14+,20-15+,39-21+,42-31+/t36-,37+,38?,40-,41-,43-,44+,45+,46+,47-,48-,50-,51+,57-/m1/s1. The number of rotatable bonds is 28. The molecule has 0 spiro atoms. The number of nitrogens with zero attached hydrogens (tertiary/aromatic N) is 1. The molecule has 2 heterocycles. The molecule has 0 aromatic heterocycles. The molecule has 0 radical (unpaired) electrons. The number of ketones is 2. The number of amides is 1. The van der Waals surface area contributed by atoms with Gasteiger partial charge in [-0.2, -0.15) is 0 Å². The summed E-state index contributed by atoms with van der Waals surface area (Å²) in [5.74, 6) is -6.40. The molecule has 1 unspecified atom stereocenters. The largest absolute Gasteiger partial charge is 0.461 e. The summed E-state index contributed by atoms with van der Waals surface area (Å²) in [6, 6.07) is -1.04. The van der Waals surface area contributed by atoms with Crippen molar-refractivity contribution in [2.75, 3.05) is 40.6 Å². The number of allylic oxidation sites excluding steroid dienone is 7. The van der Waals surface area contributed by atoms with E-state index >= 15 is 0 Å². The number of methoxy groups -OCH3 is 2. The zero-order valence-electron chi connectivity index (χ0n) is 45.8. The van der Waals surface area contributed by atoms with E-state index in [4.69, 9.17) is 23.7 Å². The monoisotopic (exact) mass is 1020 g/mol. The van der Waals surface area contributed by atoms with Gasteiger partial charge in [-0.15, -0.1) is 0 Å². The predicted octanol–water partition coefficient (Wildman–Crippen LogP) is 7.80. The molecule has 15 nitrogen and oxygen atoms in total. The van der Waals surface area contributed by atoms with E-state index in [-0.39, 0.29) is 54.9 Å². The molecule has 4 N–H and O–H groups in total. The van der Waals surface area contributed by atoms with Gasteiger partial charge in [0.2, 0.25) is 5.79 Å². The number of esters is 2. The van der Waals surface area contributed by atoms with Crippen LogP contribution in [0, 0.1) is 46.8 Å². The van der Waals surface area contributed by atoms with Gasteiger partial charge in [0.05, 0.1) is 25.9 Å². The molecule has 15 heteroatoms. The van der Waals surface area contributed by atoms with Gasteiger partial charge in [-0.25, -0.2) is 4.79 Å². The predicted molar refractivity (Wildman–Crippen MR) is 276 cm³/mol. The lowest BCUT2D eigenvalue weighted by Crippen LogP contribution is -2.59. The number of hydrogen-bond donors (Lipinski definition) is 4. The summed E-state index contributed by atoms with van der Waals surface area (Å²) in [5, 5.41) is 42.3. The van der Waals surface area contributed by atoms with Gasteiger partial charge in [-0.1, -0.05) is 90.5 Å². The summed E-state index contributed by atoms with van der Waals surface area (Å²) in [7, 11) is 2.98. The second-order valence-electron chi connectivity index (χ2n) is 22.0. The van der Waals surface area contributed by atoms with Gasteiger partial charge in [0.15, 0.2) is 5.78 Å². The molecule has 1 saturated carbocycles. The van der Waals surface area contributed by atoms with Crippen molar-refractivity contribution in [2.45, 2.75) is 195 Å². The van der Waals surface area contributed by atoms with Crippen LogP contribution in [0.4, 0.5) is 0 Å². The van der Waals surface area contributed by atoms with Crippen molar-refractivity contribution in [3.8, 4) is 0 Å². The number of piperidine rings is 1. The van der Waals surface area contributed by atoms with Crippen LogP contribution in [0.5, 0.6) is 0 Å². The van der Waals surface area contributed by atoms with Crippen LogP contribution in [-0.2, 0) is 47.7 Å². The Bertz CT molecular complexity index is 1870. The SMILES string of the molecule is CCC(C)/C(C)=C/C=C/C=C/[C@@H](C)C[C@@H](C)C(=O)[C@H](OC)[C@H](O)/C(C)=C/[C@@H](C)CC[C@H](OC(=O)[C@@H]1CCCCN1C(=O)C(=O)[C@]1(O)OCCC[C@H]1C)[C@H](C)C[C@@H]1CC[C@@H](OC(=O)C(C)(CO)CO)[C@H](OC)C1. The summed E-state index contributed by atoms with van der Waals surface area (Å²) < 4.78 is 29.1. The number of carbonyl (C=O) groups is 5. The second kappa shape index (κ2) is 30.1. The number of ether oxygens (including phenoxy) is 5. The Balaban J connectivity index is 1.78. The zero-order chi connectivity index (χ0) is 53.9. The fourth-order valence-electron chi connectivity index (χ4n) is 10.3. The first-order valence-corrected chi connectivity index (χ1v) is 26.8. The molecular weight excluding hydrogens is 923 g/mol. The van der Waals surface area contributed by atoms with E-state index in [0.29, 0.717) is 82.1 Å². The third-order valence-electron chi connectivity index (χ3n) is 15.9. The smallest absolute Gasteiger partial charge is 0.329 e. The topological polar surface area (TPSA) is 216 Å². The Hall–Kier alpha value is -3.57. The number of carbonyl (C=O) groups excluding carboxylic acids is 5. The number of aliphatic hydroxyl groups is 4. The van der Waals surface area contributed by atoms with E-state index in [1.807, 2.05) is 45.1 Å². The average molecular weight is 1020 g/mol. The van der Waals surface area contributed by atoms with Gasteiger partial charge in [-0.3, -0.25) is 19.2 Å². The van der Waals surface area contributed by atoms with Crippen molar-refractivity contribution in [3.63, 3.8) is 0 Å². The maximum atomic E-state index is 14.3. The molecule has 1 amide bonds. The van der Waals surface area contributed by atoms with Crippen molar-refractivity contribution in [1.29, 1.82) is 0 Å². The Kier molecular flexibility index (Phi) is 26.2. The Labute approximate surface area is 431 Å². The molecule has 2 saturated heterocycles. The highest BCUT2D eigenvalue weighted by molar-refractivity contribution is 6.39. The van der Waals surface area contributed by atoms with Crippen molar-refractivity contribution in [2.24, 2.45) is 46.8 Å². The maximum Gasteiger partial charge on any atom is 0.329 e. The molecule has 410 valence electrons. The molecule has 0 aromatic carbocycles. The third-order valence-corrected chi connectivity index (χ3v) is 15.9. The number of Topliss-reactive ketones (excluding diaryl/α,β-unsaturated/α-hetero) is 2. The molecule has 0 aromatic rings. The Morgan fingerprint density at radius 2 is 1.56 bits per heavy atom. The van der Waals surface area contributed by atoms with E-state index in [9.17, 15) is 44.4 Å². The third kappa shape index (κ3) is 17.5. The normalized spacial score (nSPS) is 27.1. The van der Waals surface area contributed by atoms with Crippen LogP contribution in [0.2, 0.25) is 0 Å². The molecule has 1 aliphatic carbocycles. The highest BCUT2D eigenvalue weighted by Gasteiger charge is 2.51. The molecule has 2 aliphatic heterocycles. The minimum atomic E-state index is -2.27. The second-order valence-corrected chi connectivity index (χ2v) is 22.0. The van der Waals surface area contributed by atoms with Gasteiger partial charge >= 0.3 is 11.9 Å². The van der Waals surface area contributed by atoms with Crippen LogP contribution in [0.25, 0.3) is 0 Å². The van der Waals surface area contributed by atoms with Crippen molar-refractivity contribution in [3.05, 3.63) is 47.6 Å². The quantitative estimate of drug-likeness (QED) is 0.0255. The Morgan fingerprint density at radius 1 is 0.861 bits per heavy atom. The van der Waals surface area contributed by atoms with Crippen molar-refractivity contribution < 1.29 is 68.1 Å². The first-order valence-electron chi connectivity index (χ1n) is 26.8. The summed E-state index contributed by atoms with van der Waals surface area (Å²) in [6.07, 6.45) is 15.8. The number of aliphatic hydroxyl groups excluding tert-OH is 3. The molecule has 3 aliphatic rings. The van der Waals surface area contributed by atoms with Crippen LogP contribution < -0.4 is 0 Å². The molecule has 72 heavy (non-hydrogen) atoms. The van der Waals surface area contributed by atoms with E-state index in [1.165, 1.54) is 24.5 Å². The lowest BCUT2D eigenvalue weighted by atomic mass is 9.78. The fraction of sp³-hybridized carbons (Fsp3) is 0.772. The highest BCUT2D eigenvalue weighted by atomic mass is 16.6. The average Bonchev–Trinajstić information content (AvgIpc) is 3.37. The fourth-order valence-corrected chi connectivity index (χ4v) is 10.3.